The van der Waals surface area contributed by atoms with Crippen molar-refractivity contribution in [1.82, 2.24) is 14.9 Å². The highest BCUT2D eigenvalue weighted by molar-refractivity contribution is 6.36. The maximum absolute atomic E-state index is 12.5. The molecule has 0 saturated heterocycles. The van der Waals surface area contributed by atoms with Gasteiger partial charge in [0, 0.05) is 17.1 Å². The molecular formula is C14H10Cl3N3O. The quantitative estimate of drug-likeness (QED) is 0.743. The van der Waals surface area contributed by atoms with Crippen LogP contribution in [0.4, 0.5) is 0 Å². The topological polar surface area (TPSA) is 46.1 Å². The Morgan fingerprint density at radius 3 is 2.76 bits per heavy atom. The maximum Gasteiger partial charge on any atom is 0.255 e. The molecule has 4 nitrogen and oxygen atoms in total. The van der Waals surface area contributed by atoms with Crippen molar-refractivity contribution in [3.8, 4) is 0 Å². The van der Waals surface area contributed by atoms with Gasteiger partial charge in [-0.05, 0) is 24.6 Å². The third kappa shape index (κ3) is 2.84. The summed E-state index contributed by atoms with van der Waals surface area (Å²) >= 11 is 18.0. The first-order valence-electron chi connectivity index (χ1n) is 6.29. The van der Waals surface area contributed by atoms with Crippen LogP contribution >= 0.6 is 34.8 Å². The van der Waals surface area contributed by atoms with Crippen molar-refractivity contribution in [2.45, 2.75) is 13.0 Å². The molecule has 1 aromatic heterocycles. The lowest BCUT2D eigenvalue weighted by atomic mass is 10.1. The Morgan fingerprint density at radius 2 is 2.00 bits per heavy atom. The molecular weight excluding hydrogens is 333 g/mol. The van der Waals surface area contributed by atoms with Gasteiger partial charge in [0.1, 0.15) is 11.5 Å². The zero-order valence-corrected chi connectivity index (χ0v) is 13.1. The van der Waals surface area contributed by atoms with E-state index in [1.807, 2.05) is 0 Å². The molecule has 7 heteroatoms. The standard InChI is InChI=1S/C14H10Cl3N3O/c15-8-1-2-9(11(16)5-8)14(21)20-4-3-10-12(6-20)18-7-19-13(10)17/h1-2,5,7H,3-4,6H2. The summed E-state index contributed by atoms with van der Waals surface area (Å²) in [6.45, 7) is 0.952. The van der Waals surface area contributed by atoms with Gasteiger partial charge in [-0.15, -0.1) is 0 Å². The largest absolute Gasteiger partial charge is 0.332 e. The molecule has 0 bridgehead atoms. The Labute approximate surface area is 136 Å². The Balaban J connectivity index is 1.87. The summed E-state index contributed by atoms with van der Waals surface area (Å²) in [6, 6.07) is 4.85. The summed E-state index contributed by atoms with van der Waals surface area (Å²) in [5, 5.41) is 1.30. The SMILES string of the molecule is O=C(c1ccc(Cl)cc1Cl)N1CCc2c(Cl)ncnc2C1. The fourth-order valence-electron chi connectivity index (χ4n) is 2.32. The fraction of sp³-hybridized carbons (Fsp3) is 0.214. The summed E-state index contributed by atoms with van der Waals surface area (Å²) < 4.78 is 0. The number of amides is 1. The highest BCUT2D eigenvalue weighted by atomic mass is 35.5. The van der Waals surface area contributed by atoms with Gasteiger partial charge in [-0.25, -0.2) is 9.97 Å². The van der Waals surface area contributed by atoms with Crippen molar-refractivity contribution in [2.24, 2.45) is 0 Å². The van der Waals surface area contributed by atoms with Crippen molar-refractivity contribution in [3.63, 3.8) is 0 Å². The second-order valence-electron chi connectivity index (χ2n) is 4.69. The molecule has 0 unspecified atom stereocenters. The lowest BCUT2D eigenvalue weighted by Crippen LogP contribution is -2.36. The van der Waals surface area contributed by atoms with Gasteiger partial charge in [-0.1, -0.05) is 34.8 Å². The third-order valence-corrected chi connectivity index (χ3v) is 4.28. The first-order valence-corrected chi connectivity index (χ1v) is 7.42. The van der Waals surface area contributed by atoms with E-state index in [9.17, 15) is 4.79 Å². The molecule has 2 heterocycles. The van der Waals surface area contributed by atoms with Crippen molar-refractivity contribution in [2.75, 3.05) is 6.54 Å². The molecule has 0 atom stereocenters. The molecule has 0 radical (unpaired) electrons. The molecule has 1 amide bonds. The molecule has 2 aromatic rings. The number of benzene rings is 1. The van der Waals surface area contributed by atoms with E-state index < -0.39 is 0 Å². The van der Waals surface area contributed by atoms with Gasteiger partial charge in [0.25, 0.3) is 5.91 Å². The average molecular weight is 343 g/mol. The van der Waals surface area contributed by atoms with Crippen LogP contribution in [0.1, 0.15) is 21.6 Å². The van der Waals surface area contributed by atoms with Crippen molar-refractivity contribution in [3.05, 3.63) is 56.5 Å². The number of hydrogen-bond acceptors (Lipinski definition) is 3. The number of nitrogens with zero attached hydrogens (tertiary/aromatic N) is 3. The zero-order valence-electron chi connectivity index (χ0n) is 10.8. The van der Waals surface area contributed by atoms with Gasteiger partial charge >= 0.3 is 0 Å². The van der Waals surface area contributed by atoms with E-state index >= 15 is 0 Å². The van der Waals surface area contributed by atoms with Crippen LogP contribution in [0.3, 0.4) is 0 Å². The van der Waals surface area contributed by atoms with Gasteiger partial charge in [-0.3, -0.25) is 4.79 Å². The Kier molecular flexibility index (Phi) is 4.02. The van der Waals surface area contributed by atoms with Gasteiger partial charge in [0.15, 0.2) is 0 Å². The number of halogens is 3. The molecule has 0 fully saturated rings. The molecule has 108 valence electrons. The van der Waals surface area contributed by atoms with Gasteiger partial charge < -0.3 is 4.90 Å². The smallest absolute Gasteiger partial charge is 0.255 e. The summed E-state index contributed by atoms with van der Waals surface area (Å²) in [6.07, 6.45) is 2.04. The van der Waals surface area contributed by atoms with Crippen LogP contribution in [-0.2, 0) is 13.0 Å². The van der Waals surface area contributed by atoms with Crippen molar-refractivity contribution in [1.29, 1.82) is 0 Å². The molecule has 1 aliphatic heterocycles. The molecule has 0 saturated carbocycles. The maximum atomic E-state index is 12.5. The minimum Gasteiger partial charge on any atom is -0.332 e. The van der Waals surface area contributed by atoms with Gasteiger partial charge in [0.2, 0.25) is 0 Å². The number of fused-ring (bicyclic) bond motifs is 1. The van der Waals surface area contributed by atoms with Crippen LogP contribution in [0.25, 0.3) is 0 Å². The average Bonchev–Trinajstić information content (AvgIpc) is 2.46. The normalized spacial score (nSPS) is 14.0. The lowest BCUT2D eigenvalue weighted by Gasteiger charge is -2.28. The lowest BCUT2D eigenvalue weighted by molar-refractivity contribution is 0.0732. The molecule has 1 aliphatic rings. The van der Waals surface area contributed by atoms with E-state index in [-0.39, 0.29) is 5.91 Å². The molecule has 21 heavy (non-hydrogen) atoms. The Bertz CT molecular complexity index is 721. The van der Waals surface area contributed by atoms with E-state index in [2.05, 4.69) is 9.97 Å². The molecule has 0 aliphatic carbocycles. The Morgan fingerprint density at radius 1 is 1.19 bits per heavy atom. The van der Waals surface area contributed by atoms with E-state index in [1.165, 1.54) is 6.33 Å². The molecule has 3 rings (SSSR count). The third-order valence-electron chi connectivity index (χ3n) is 3.40. The summed E-state index contributed by atoms with van der Waals surface area (Å²) in [7, 11) is 0. The van der Waals surface area contributed by atoms with Crippen molar-refractivity contribution < 1.29 is 4.79 Å². The minimum atomic E-state index is -0.142. The van der Waals surface area contributed by atoms with E-state index in [1.54, 1.807) is 23.1 Å². The minimum absolute atomic E-state index is 0.142. The van der Waals surface area contributed by atoms with Crippen LogP contribution < -0.4 is 0 Å². The predicted molar refractivity (Wildman–Crippen MR) is 81.9 cm³/mol. The number of carbonyl (C=O) groups excluding carboxylic acids is 1. The first-order chi connectivity index (χ1) is 10.1. The molecule has 0 N–H and O–H groups in total. The Hall–Kier alpha value is -1.36. The van der Waals surface area contributed by atoms with Crippen molar-refractivity contribution >= 4 is 40.7 Å². The highest BCUT2D eigenvalue weighted by Crippen LogP contribution is 2.26. The van der Waals surface area contributed by atoms with Crippen LogP contribution in [0, 0.1) is 0 Å². The van der Waals surface area contributed by atoms with Crippen LogP contribution in [0.5, 0.6) is 0 Å². The monoisotopic (exact) mass is 341 g/mol. The highest BCUT2D eigenvalue weighted by Gasteiger charge is 2.25. The number of hydrogen-bond donors (Lipinski definition) is 0. The number of aromatic nitrogens is 2. The second-order valence-corrected chi connectivity index (χ2v) is 5.89. The van der Waals surface area contributed by atoms with E-state index in [0.29, 0.717) is 40.3 Å². The van der Waals surface area contributed by atoms with E-state index in [0.717, 1.165) is 11.3 Å². The van der Waals surface area contributed by atoms with Crippen LogP contribution in [0.15, 0.2) is 24.5 Å². The summed E-state index contributed by atoms with van der Waals surface area (Å²) in [5.41, 5.74) is 2.12. The van der Waals surface area contributed by atoms with Crippen LogP contribution in [0.2, 0.25) is 15.2 Å². The van der Waals surface area contributed by atoms with Gasteiger partial charge in [-0.2, -0.15) is 0 Å². The summed E-state index contributed by atoms with van der Waals surface area (Å²) in [4.78, 5) is 22.4. The molecule has 0 spiro atoms. The zero-order chi connectivity index (χ0) is 15.0. The van der Waals surface area contributed by atoms with Gasteiger partial charge in [0.05, 0.1) is 22.8 Å². The predicted octanol–water partition coefficient (Wildman–Crippen LogP) is 3.64. The van der Waals surface area contributed by atoms with Crippen LogP contribution in [-0.4, -0.2) is 27.3 Å². The second kappa shape index (κ2) is 5.79. The molecule has 1 aromatic carbocycles. The number of rotatable bonds is 1. The van der Waals surface area contributed by atoms with E-state index in [4.69, 9.17) is 34.8 Å². The fourth-order valence-corrected chi connectivity index (χ4v) is 3.06. The summed E-state index contributed by atoms with van der Waals surface area (Å²) in [5.74, 6) is -0.142. The number of carbonyl (C=O) groups is 1. The first kappa shape index (κ1) is 14.6.